The summed E-state index contributed by atoms with van der Waals surface area (Å²) in [7, 11) is 0. The second-order valence-corrected chi connectivity index (χ2v) is 3.84. The third-order valence-corrected chi connectivity index (χ3v) is 2.49. The molecule has 1 aromatic carbocycles. The van der Waals surface area contributed by atoms with E-state index in [1.807, 2.05) is 0 Å². The largest absolute Gasteiger partial charge is 0.420 e. The summed E-state index contributed by atoms with van der Waals surface area (Å²) in [5.74, 6) is -0.824. The van der Waals surface area contributed by atoms with Gasteiger partial charge in [0.2, 0.25) is 0 Å². The first-order valence-corrected chi connectivity index (χ1v) is 5.36. The Labute approximate surface area is 107 Å². The molecule has 0 unspecified atom stereocenters. The van der Waals surface area contributed by atoms with E-state index >= 15 is 0 Å². The number of carbonyl (C=O) groups excluding carboxylic acids is 1. The van der Waals surface area contributed by atoms with Crippen molar-refractivity contribution >= 4 is 23.5 Å². The molecule has 7 heteroatoms. The van der Waals surface area contributed by atoms with Crippen molar-refractivity contribution in [3.63, 3.8) is 0 Å². The number of amidine groups is 1. The highest BCUT2D eigenvalue weighted by atomic mass is 35.5. The third-order valence-electron chi connectivity index (χ3n) is 2.18. The van der Waals surface area contributed by atoms with Crippen LogP contribution in [0.2, 0.25) is 5.02 Å². The van der Waals surface area contributed by atoms with Gasteiger partial charge in [-0.15, -0.1) is 0 Å². The number of aliphatic imine (C=N–C) groups is 1. The number of hydrogen-bond acceptors (Lipinski definition) is 4. The van der Waals surface area contributed by atoms with Gasteiger partial charge in [-0.1, -0.05) is 23.7 Å². The molecule has 0 aliphatic carbocycles. The number of benzene rings is 1. The van der Waals surface area contributed by atoms with Gasteiger partial charge in [0, 0.05) is 0 Å². The predicted molar refractivity (Wildman–Crippen MR) is 65.0 cm³/mol. The summed E-state index contributed by atoms with van der Waals surface area (Å²) in [6.45, 7) is -0.0947. The number of amides is 1. The van der Waals surface area contributed by atoms with Crippen molar-refractivity contribution in [2.75, 3.05) is 6.67 Å². The van der Waals surface area contributed by atoms with Crippen LogP contribution in [0, 0.1) is 0 Å². The van der Waals surface area contributed by atoms with Gasteiger partial charge in [-0.25, -0.2) is 14.2 Å². The zero-order valence-electron chi connectivity index (χ0n) is 9.14. The number of halogens is 2. The summed E-state index contributed by atoms with van der Waals surface area (Å²) < 4.78 is 18.1. The maximum Gasteiger partial charge on any atom is 0.420 e. The van der Waals surface area contributed by atoms with Crippen molar-refractivity contribution in [1.29, 1.82) is 0 Å². The van der Waals surface area contributed by atoms with Gasteiger partial charge >= 0.3 is 6.09 Å². The highest BCUT2D eigenvalue weighted by Gasteiger charge is 2.20. The molecule has 94 valence electrons. The second kappa shape index (κ2) is 5.05. The number of carbonyl (C=O) groups is 1. The van der Waals surface area contributed by atoms with Gasteiger partial charge in [-0.05, 0) is 12.1 Å². The standard InChI is InChI=1S/C11H9ClFN3O2/c12-7-3-1-2-4-9(7)18-11(17)16-5-8(13)10(14)15-6-16/h1-5H,6H2,(H2,14,15). The lowest BCUT2D eigenvalue weighted by molar-refractivity contribution is 0.169. The van der Waals surface area contributed by atoms with Crippen molar-refractivity contribution in [3.05, 3.63) is 41.3 Å². The first-order chi connectivity index (χ1) is 8.58. The van der Waals surface area contributed by atoms with Crippen LogP contribution in [0.25, 0.3) is 0 Å². The summed E-state index contributed by atoms with van der Waals surface area (Å²) in [6, 6.07) is 6.47. The fourth-order valence-electron chi connectivity index (χ4n) is 1.26. The summed E-state index contributed by atoms with van der Waals surface area (Å²) >= 11 is 5.83. The minimum absolute atomic E-state index is 0.0947. The SMILES string of the molecule is NC1=NCN(C(=O)Oc2ccccc2Cl)C=C1F. The topological polar surface area (TPSA) is 67.9 Å². The molecule has 0 saturated heterocycles. The van der Waals surface area contributed by atoms with Gasteiger partial charge in [0.05, 0.1) is 11.2 Å². The second-order valence-electron chi connectivity index (χ2n) is 3.43. The highest BCUT2D eigenvalue weighted by Crippen LogP contribution is 2.24. The zero-order chi connectivity index (χ0) is 13.1. The van der Waals surface area contributed by atoms with E-state index in [4.69, 9.17) is 22.1 Å². The van der Waals surface area contributed by atoms with E-state index in [2.05, 4.69) is 4.99 Å². The normalized spacial score (nSPS) is 14.9. The Bertz CT molecular complexity index is 545. The first kappa shape index (κ1) is 12.4. The molecule has 1 aliphatic heterocycles. The summed E-state index contributed by atoms with van der Waals surface area (Å²) in [6.07, 6.45) is 0.149. The van der Waals surface area contributed by atoms with E-state index in [0.29, 0.717) is 0 Å². The Balaban J connectivity index is 2.09. The number of hydrogen-bond donors (Lipinski definition) is 1. The molecule has 2 N–H and O–H groups in total. The molecule has 1 heterocycles. The fourth-order valence-corrected chi connectivity index (χ4v) is 1.44. The number of para-hydroxylation sites is 1. The molecule has 0 atom stereocenters. The Morgan fingerprint density at radius 2 is 2.22 bits per heavy atom. The maximum absolute atomic E-state index is 13.1. The van der Waals surface area contributed by atoms with Crippen LogP contribution >= 0.6 is 11.6 Å². The summed E-state index contributed by atoms with van der Waals surface area (Å²) in [4.78, 5) is 16.3. The van der Waals surface area contributed by atoms with Crippen LogP contribution in [0.3, 0.4) is 0 Å². The van der Waals surface area contributed by atoms with E-state index in [0.717, 1.165) is 11.1 Å². The molecule has 0 saturated carbocycles. The molecule has 0 spiro atoms. The highest BCUT2D eigenvalue weighted by molar-refractivity contribution is 6.32. The van der Waals surface area contributed by atoms with E-state index in [1.54, 1.807) is 18.2 Å². The Hall–Kier alpha value is -2.08. The average Bonchev–Trinajstić information content (AvgIpc) is 2.35. The van der Waals surface area contributed by atoms with Gasteiger partial charge in [0.15, 0.2) is 17.4 Å². The molecule has 0 bridgehead atoms. The molecule has 1 amide bonds. The van der Waals surface area contributed by atoms with Crippen LogP contribution in [0.15, 0.2) is 41.3 Å². The van der Waals surface area contributed by atoms with E-state index < -0.39 is 11.9 Å². The molecule has 2 rings (SSSR count). The van der Waals surface area contributed by atoms with Gasteiger partial charge < -0.3 is 10.5 Å². The van der Waals surface area contributed by atoms with Crippen molar-refractivity contribution < 1.29 is 13.9 Å². The quantitative estimate of drug-likeness (QED) is 0.850. The molecule has 1 aromatic rings. The van der Waals surface area contributed by atoms with Crippen LogP contribution in [-0.4, -0.2) is 23.5 Å². The molecule has 0 aromatic heterocycles. The third kappa shape index (κ3) is 2.60. The minimum atomic E-state index is -0.783. The van der Waals surface area contributed by atoms with Crippen LogP contribution in [0.5, 0.6) is 5.75 Å². The van der Waals surface area contributed by atoms with Crippen LogP contribution < -0.4 is 10.5 Å². The summed E-state index contributed by atoms with van der Waals surface area (Å²) in [5, 5.41) is 0.287. The Kier molecular flexibility index (Phi) is 3.47. The average molecular weight is 270 g/mol. The van der Waals surface area contributed by atoms with Crippen molar-refractivity contribution in [2.24, 2.45) is 10.7 Å². The van der Waals surface area contributed by atoms with Crippen molar-refractivity contribution in [3.8, 4) is 5.75 Å². The Morgan fingerprint density at radius 3 is 2.89 bits per heavy atom. The first-order valence-electron chi connectivity index (χ1n) is 4.98. The van der Waals surface area contributed by atoms with Crippen LogP contribution in [0.4, 0.5) is 9.18 Å². The van der Waals surface area contributed by atoms with Gasteiger partial charge in [-0.3, -0.25) is 4.90 Å². The predicted octanol–water partition coefficient (Wildman–Crippen LogP) is 2.28. The molecule has 0 fully saturated rings. The van der Waals surface area contributed by atoms with Gasteiger partial charge in [-0.2, -0.15) is 0 Å². The van der Waals surface area contributed by atoms with Gasteiger partial charge in [0.1, 0.15) is 6.67 Å². The van der Waals surface area contributed by atoms with E-state index in [9.17, 15) is 9.18 Å². The Morgan fingerprint density at radius 1 is 1.50 bits per heavy atom. The van der Waals surface area contributed by atoms with Gasteiger partial charge in [0.25, 0.3) is 0 Å². The number of nitrogens with zero attached hydrogens (tertiary/aromatic N) is 2. The lowest BCUT2D eigenvalue weighted by atomic mass is 10.3. The lowest BCUT2D eigenvalue weighted by Gasteiger charge is -2.19. The summed E-state index contributed by atoms with van der Waals surface area (Å²) in [5.41, 5.74) is 5.22. The maximum atomic E-state index is 13.1. The van der Waals surface area contributed by atoms with E-state index in [1.165, 1.54) is 6.07 Å². The molecule has 18 heavy (non-hydrogen) atoms. The van der Waals surface area contributed by atoms with Crippen LogP contribution in [0.1, 0.15) is 0 Å². The molecule has 1 aliphatic rings. The zero-order valence-corrected chi connectivity index (χ0v) is 9.89. The fraction of sp³-hybridized carbons (Fsp3) is 0.0909. The smallest absolute Gasteiger partial charge is 0.408 e. The molecular weight excluding hydrogens is 261 g/mol. The minimum Gasteiger partial charge on any atom is -0.408 e. The van der Waals surface area contributed by atoms with E-state index in [-0.39, 0.29) is 23.3 Å². The molecule has 5 nitrogen and oxygen atoms in total. The monoisotopic (exact) mass is 269 g/mol. The number of rotatable bonds is 1. The number of nitrogens with two attached hydrogens (primary N) is 1. The molecule has 0 radical (unpaired) electrons. The molecular formula is C11H9ClFN3O2. The lowest BCUT2D eigenvalue weighted by Crippen LogP contribution is -2.34. The van der Waals surface area contributed by atoms with Crippen molar-refractivity contribution in [1.82, 2.24) is 4.90 Å². The number of ether oxygens (including phenoxy) is 1. The van der Waals surface area contributed by atoms with Crippen molar-refractivity contribution in [2.45, 2.75) is 0 Å². The van der Waals surface area contributed by atoms with Crippen LogP contribution in [-0.2, 0) is 0 Å².